The number of aliphatic carboxylic acids is 1. The van der Waals surface area contributed by atoms with Crippen LogP contribution in [-0.4, -0.2) is 44.1 Å². The Kier molecular flexibility index (Phi) is 9.71. The average Bonchev–Trinajstić information content (AvgIpc) is 3.26. The molecule has 200 valence electrons. The lowest BCUT2D eigenvalue weighted by molar-refractivity contribution is -0.307. The maximum absolute atomic E-state index is 13.6. The fraction of sp³-hybridized carbons (Fsp3) is 0.357. The third-order valence-electron chi connectivity index (χ3n) is 6.06. The molecule has 3 N–H and O–H groups in total. The van der Waals surface area contributed by atoms with Gasteiger partial charge in [0.15, 0.2) is 11.4 Å². The second-order valence-electron chi connectivity index (χ2n) is 9.37. The smallest absolute Gasteiger partial charge is 0.272 e. The summed E-state index contributed by atoms with van der Waals surface area (Å²) in [6.07, 6.45) is -2.53. The second kappa shape index (κ2) is 12.9. The van der Waals surface area contributed by atoms with Crippen molar-refractivity contribution in [2.75, 3.05) is 0 Å². The Morgan fingerprint density at radius 3 is 2.34 bits per heavy atom. The number of halogens is 1. The van der Waals surface area contributed by atoms with Crippen molar-refractivity contribution in [1.82, 2.24) is 15.1 Å². The number of carbonyl (C=O) groups excluding carboxylic acids is 2. The van der Waals surface area contributed by atoms with Gasteiger partial charge < -0.3 is 25.4 Å². The third-order valence-corrected chi connectivity index (χ3v) is 6.06. The first-order valence-corrected chi connectivity index (χ1v) is 12.3. The minimum atomic E-state index is -1.40. The molecular weight excluding hydrogens is 491 g/mol. The Morgan fingerprint density at radius 2 is 1.76 bits per heavy atom. The Bertz CT molecular complexity index is 1300. The van der Waals surface area contributed by atoms with Gasteiger partial charge in [0.25, 0.3) is 5.91 Å². The molecule has 0 spiro atoms. The Morgan fingerprint density at radius 1 is 1.11 bits per heavy atom. The number of rotatable bonds is 12. The number of carboxylic acids is 1. The van der Waals surface area contributed by atoms with Crippen molar-refractivity contribution in [3.63, 3.8) is 0 Å². The largest absolute Gasteiger partial charge is 0.550 e. The lowest BCUT2D eigenvalue weighted by atomic mass is 9.95. The second-order valence-corrected chi connectivity index (χ2v) is 9.37. The molecule has 0 aliphatic heterocycles. The van der Waals surface area contributed by atoms with E-state index in [0.29, 0.717) is 22.6 Å². The van der Waals surface area contributed by atoms with Gasteiger partial charge in [-0.25, -0.2) is 13.9 Å². The minimum Gasteiger partial charge on any atom is -0.550 e. The Hall–Kier alpha value is -4.07. The standard InChI is InChI=1S/C28H31FN4O5/c1-17(2)26-24(13-12-22(34)14-23(35)15-25(36)37)33(21-10-6-19(29)7-11-21)32-27(26)28(38)31-16-18-4-8-20(30-3)9-5-18/h4-11,17,22-23,34-35H,12-16H2,1-2H3,(H,31,38)(H,36,37)/p-1/t22-,23-/m1/s1. The number of nitrogens with zero attached hydrogens (tertiary/aromatic N) is 3. The van der Waals surface area contributed by atoms with E-state index >= 15 is 0 Å². The molecule has 1 heterocycles. The summed E-state index contributed by atoms with van der Waals surface area (Å²) in [7, 11) is 0. The summed E-state index contributed by atoms with van der Waals surface area (Å²) in [5.74, 6) is -2.36. The van der Waals surface area contributed by atoms with Gasteiger partial charge in [-0.15, -0.1) is 0 Å². The quantitative estimate of drug-likeness (QED) is 0.314. The van der Waals surface area contributed by atoms with Gasteiger partial charge in [0.2, 0.25) is 0 Å². The fourth-order valence-corrected chi connectivity index (χ4v) is 4.24. The Labute approximate surface area is 220 Å². The Balaban J connectivity index is 1.89. The van der Waals surface area contributed by atoms with Gasteiger partial charge in [-0.3, -0.25) is 4.79 Å². The number of aliphatic hydroxyl groups excluding tert-OH is 2. The van der Waals surface area contributed by atoms with E-state index in [-0.39, 0.29) is 37.4 Å². The van der Waals surface area contributed by atoms with Crippen molar-refractivity contribution in [2.45, 2.75) is 64.2 Å². The molecule has 3 aromatic rings. The number of carbonyl (C=O) groups is 2. The first-order valence-electron chi connectivity index (χ1n) is 12.3. The van der Waals surface area contributed by atoms with Crippen molar-refractivity contribution in [1.29, 1.82) is 0 Å². The van der Waals surface area contributed by atoms with Gasteiger partial charge in [0.05, 0.1) is 24.5 Å². The molecule has 0 bridgehead atoms. The van der Waals surface area contributed by atoms with Crippen LogP contribution in [0.4, 0.5) is 10.1 Å². The average molecular weight is 522 g/mol. The number of hydrogen-bond acceptors (Lipinski definition) is 6. The number of benzene rings is 2. The number of aromatic nitrogens is 2. The van der Waals surface area contributed by atoms with E-state index in [1.54, 1.807) is 28.9 Å². The van der Waals surface area contributed by atoms with Gasteiger partial charge in [-0.2, -0.15) is 5.10 Å². The van der Waals surface area contributed by atoms with Crippen molar-refractivity contribution in [3.8, 4) is 5.69 Å². The highest BCUT2D eigenvalue weighted by molar-refractivity contribution is 5.94. The van der Waals surface area contributed by atoms with Crippen molar-refractivity contribution < 1.29 is 29.3 Å². The van der Waals surface area contributed by atoms with E-state index in [9.17, 15) is 29.3 Å². The van der Waals surface area contributed by atoms with Crippen molar-refractivity contribution in [3.05, 3.63) is 88.3 Å². The van der Waals surface area contributed by atoms with E-state index < -0.39 is 36.3 Å². The molecule has 10 heteroatoms. The first kappa shape index (κ1) is 28.5. The summed E-state index contributed by atoms with van der Waals surface area (Å²) < 4.78 is 15.2. The first-order chi connectivity index (χ1) is 18.1. The number of hydrogen-bond donors (Lipinski definition) is 3. The lowest BCUT2D eigenvalue weighted by Gasteiger charge is -2.17. The molecule has 0 unspecified atom stereocenters. The molecule has 0 aliphatic rings. The van der Waals surface area contributed by atoms with Crippen LogP contribution >= 0.6 is 0 Å². The van der Waals surface area contributed by atoms with Crippen molar-refractivity contribution in [2.24, 2.45) is 0 Å². The molecule has 1 aromatic heterocycles. The van der Waals surface area contributed by atoms with Crippen LogP contribution in [0.2, 0.25) is 0 Å². The fourth-order valence-electron chi connectivity index (χ4n) is 4.24. The summed E-state index contributed by atoms with van der Waals surface area (Å²) >= 11 is 0. The molecule has 0 fully saturated rings. The predicted octanol–water partition coefficient (Wildman–Crippen LogP) is 2.80. The zero-order valence-electron chi connectivity index (χ0n) is 21.2. The maximum atomic E-state index is 13.6. The normalized spacial score (nSPS) is 12.7. The van der Waals surface area contributed by atoms with Gasteiger partial charge in [-0.1, -0.05) is 38.1 Å². The topological polar surface area (TPSA) is 132 Å². The van der Waals surface area contributed by atoms with E-state index in [0.717, 1.165) is 5.56 Å². The lowest BCUT2D eigenvalue weighted by Crippen LogP contribution is -2.29. The summed E-state index contributed by atoms with van der Waals surface area (Å²) in [4.78, 5) is 27.3. The molecule has 0 aliphatic carbocycles. The highest BCUT2D eigenvalue weighted by atomic mass is 19.1. The van der Waals surface area contributed by atoms with Crippen LogP contribution in [0, 0.1) is 12.4 Å². The molecular formula is C28H30FN4O5-. The zero-order valence-corrected chi connectivity index (χ0v) is 21.2. The highest BCUT2D eigenvalue weighted by Gasteiger charge is 2.26. The minimum absolute atomic E-state index is 0.126. The molecule has 2 atom stereocenters. The number of amides is 1. The number of aliphatic hydroxyl groups is 2. The van der Waals surface area contributed by atoms with E-state index in [1.807, 2.05) is 13.8 Å². The molecule has 38 heavy (non-hydrogen) atoms. The predicted molar refractivity (Wildman–Crippen MR) is 136 cm³/mol. The van der Waals surface area contributed by atoms with Crippen LogP contribution in [0.1, 0.15) is 66.3 Å². The summed E-state index contributed by atoms with van der Waals surface area (Å²) in [5, 5.41) is 38.4. The van der Waals surface area contributed by atoms with E-state index in [4.69, 9.17) is 6.57 Å². The monoisotopic (exact) mass is 521 g/mol. The van der Waals surface area contributed by atoms with Crippen LogP contribution in [0.5, 0.6) is 0 Å². The van der Waals surface area contributed by atoms with E-state index in [2.05, 4.69) is 15.3 Å². The van der Waals surface area contributed by atoms with Crippen LogP contribution in [-0.2, 0) is 17.8 Å². The maximum Gasteiger partial charge on any atom is 0.272 e. The number of nitrogens with one attached hydrogen (secondary N) is 1. The van der Waals surface area contributed by atoms with Gasteiger partial charge >= 0.3 is 0 Å². The van der Waals surface area contributed by atoms with Gasteiger partial charge in [0, 0.05) is 30.2 Å². The molecule has 9 nitrogen and oxygen atoms in total. The van der Waals surface area contributed by atoms with Crippen LogP contribution < -0.4 is 10.4 Å². The molecule has 2 aromatic carbocycles. The van der Waals surface area contributed by atoms with Gasteiger partial charge in [-0.05, 0) is 55.0 Å². The molecule has 0 radical (unpaired) electrons. The van der Waals surface area contributed by atoms with Crippen LogP contribution in [0.15, 0.2) is 48.5 Å². The summed E-state index contributed by atoms with van der Waals surface area (Å²) in [5.41, 5.74) is 3.35. The van der Waals surface area contributed by atoms with Crippen LogP contribution in [0.3, 0.4) is 0 Å². The van der Waals surface area contributed by atoms with Crippen LogP contribution in [0.25, 0.3) is 10.5 Å². The SMILES string of the molecule is [C-]#[N+]c1ccc(CNC(=O)c2nn(-c3ccc(F)cc3)c(CC[C@@H](O)C[C@@H](O)CC(=O)[O-])c2C(C)C)cc1. The summed E-state index contributed by atoms with van der Waals surface area (Å²) in [6, 6.07) is 12.5. The van der Waals surface area contributed by atoms with Gasteiger partial charge in [0.1, 0.15) is 5.82 Å². The molecule has 0 saturated heterocycles. The molecule has 3 rings (SSSR count). The number of carboxylic acid groups (broad SMARTS) is 1. The molecule has 0 saturated carbocycles. The third kappa shape index (κ3) is 7.47. The zero-order chi connectivity index (χ0) is 27.8. The highest BCUT2D eigenvalue weighted by Crippen LogP contribution is 2.28. The molecule has 1 amide bonds. The van der Waals surface area contributed by atoms with E-state index in [1.165, 1.54) is 24.3 Å². The summed E-state index contributed by atoms with van der Waals surface area (Å²) in [6.45, 7) is 11.1. The van der Waals surface area contributed by atoms with Crippen molar-refractivity contribution >= 4 is 17.6 Å².